The molecule has 0 atom stereocenters. The van der Waals surface area contributed by atoms with Crippen LogP contribution in [0.2, 0.25) is 5.02 Å². The Morgan fingerprint density at radius 3 is 2.31 bits per heavy atom. The van der Waals surface area contributed by atoms with Crippen LogP contribution in [0, 0.1) is 0 Å². The standard InChI is InChI=1S/C23H28ClNO4/c1-6-29-22(27)17-13-18(24)19(14-20(17)28-5)25-21(26)12-9-15-7-10-16(11-8-15)23(2,3)4/h7-8,10-11,13-14H,6,9,12H2,1-5H3,(H,25,26). The molecule has 0 radical (unpaired) electrons. The normalized spacial score (nSPS) is 11.1. The molecule has 0 fully saturated rings. The molecule has 2 aromatic carbocycles. The first-order valence-electron chi connectivity index (χ1n) is 9.59. The van der Waals surface area contributed by atoms with Gasteiger partial charge in [-0.3, -0.25) is 4.79 Å². The Labute approximate surface area is 177 Å². The Hall–Kier alpha value is -2.53. The maximum absolute atomic E-state index is 12.4. The maximum Gasteiger partial charge on any atom is 0.341 e. The average molecular weight is 418 g/mol. The van der Waals surface area contributed by atoms with Crippen LogP contribution in [0.25, 0.3) is 0 Å². The maximum atomic E-state index is 12.4. The molecule has 2 rings (SSSR count). The summed E-state index contributed by atoms with van der Waals surface area (Å²) in [6, 6.07) is 11.3. The number of hydrogen-bond acceptors (Lipinski definition) is 4. The first kappa shape index (κ1) is 22.8. The van der Waals surface area contributed by atoms with E-state index in [0.29, 0.717) is 24.3 Å². The Bertz CT molecular complexity index is 870. The van der Waals surface area contributed by atoms with E-state index in [-0.39, 0.29) is 28.5 Å². The number of methoxy groups -OCH3 is 1. The molecule has 0 aliphatic heterocycles. The highest BCUT2D eigenvalue weighted by Crippen LogP contribution is 2.31. The van der Waals surface area contributed by atoms with Crippen LogP contribution in [0.4, 0.5) is 5.69 Å². The predicted octanol–water partition coefficient (Wildman–Crippen LogP) is 5.39. The van der Waals surface area contributed by atoms with Gasteiger partial charge in [-0.1, -0.05) is 56.6 Å². The minimum absolute atomic E-state index is 0.0986. The van der Waals surface area contributed by atoms with Gasteiger partial charge in [-0.15, -0.1) is 0 Å². The molecule has 0 bridgehead atoms. The second-order valence-electron chi connectivity index (χ2n) is 7.75. The van der Waals surface area contributed by atoms with E-state index in [1.807, 2.05) is 0 Å². The molecule has 1 amide bonds. The molecular formula is C23H28ClNO4. The number of carbonyl (C=O) groups excluding carboxylic acids is 2. The molecule has 29 heavy (non-hydrogen) atoms. The van der Waals surface area contributed by atoms with Crippen LogP contribution >= 0.6 is 11.6 Å². The minimum atomic E-state index is -0.525. The summed E-state index contributed by atoms with van der Waals surface area (Å²) >= 11 is 6.25. The number of benzene rings is 2. The van der Waals surface area contributed by atoms with E-state index in [4.69, 9.17) is 21.1 Å². The van der Waals surface area contributed by atoms with E-state index in [9.17, 15) is 9.59 Å². The van der Waals surface area contributed by atoms with E-state index in [0.717, 1.165) is 5.56 Å². The minimum Gasteiger partial charge on any atom is -0.496 e. The molecule has 0 aromatic heterocycles. The predicted molar refractivity (Wildman–Crippen MR) is 116 cm³/mol. The van der Waals surface area contributed by atoms with Gasteiger partial charge in [0.25, 0.3) is 0 Å². The first-order valence-corrected chi connectivity index (χ1v) is 9.97. The number of anilines is 1. The summed E-state index contributed by atoms with van der Waals surface area (Å²) in [5.41, 5.74) is 3.06. The number of amides is 1. The lowest BCUT2D eigenvalue weighted by Gasteiger charge is -2.19. The van der Waals surface area contributed by atoms with Gasteiger partial charge < -0.3 is 14.8 Å². The van der Waals surface area contributed by atoms with Crippen molar-refractivity contribution in [2.75, 3.05) is 19.0 Å². The van der Waals surface area contributed by atoms with Gasteiger partial charge in [-0.2, -0.15) is 0 Å². The number of nitrogens with one attached hydrogen (secondary N) is 1. The number of ether oxygens (including phenoxy) is 2. The summed E-state index contributed by atoms with van der Waals surface area (Å²) in [5.74, 6) is -0.401. The van der Waals surface area contributed by atoms with Crippen molar-refractivity contribution in [1.29, 1.82) is 0 Å². The van der Waals surface area contributed by atoms with E-state index < -0.39 is 5.97 Å². The van der Waals surface area contributed by atoms with Crippen LogP contribution < -0.4 is 10.1 Å². The molecule has 2 aromatic rings. The molecule has 0 unspecified atom stereocenters. The average Bonchev–Trinajstić information content (AvgIpc) is 2.67. The van der Waals surface area contributed by atoms with Crippen molar-refractivity contribution in [3.63, 3.8) is 0 Å². The van der Waals surface area contributed by atoms with Crippen LogP contribution in [0.3, 0.4) is 0 Å². The van der Waals surface area contributed by atoms with Gasteiger partial charge in [0.15, 0.2) is 0 Å². The van der Waals surface area contributed by atoms with Gasteiger partial charge in [0.05, 0.1) is 24.4 Å². The summed E-state index contributed by atoms with van der Waals surface area (Å²) < 4.78 is 10.2. The third-order valence-corrected chi connectivity index (χ3v) is 4.83. The second kappa shape index (κ2) is 9.79. The molecule has 6 heteroatoms. The topological polar surface area (TPSA) is 64.6 Å². The van der Waals surface area contributed by atoms with Gasteiger partial charge >= 0.3 is 5.97 Å². The number of rotatable bonds is 7. The highest BCUT2D eigenvalue weighted by Gasteiger charge is 2.18. The molecule has 0 aliphatic carbocycles. The molecule has 0 spiro atoms. The van der Waals surface area contributed by atoms with Crippen molar-refractivity contribution >= 4 is 29.2 Å². The SMILES string of the molecule is CCOC(=O)c1cc(Cl)c(NC(=O)CCc2ccc(C(C)(C)C)cc2)cc1OC. The van der Waals surface area contributed by atoms with Gasteiger partial charge in [-0.05, 0) is 36.0 Å². The second-order valence-corrected chi connectivity index (χ2v) is 8.16. The van der Waals surface area contributed by atoms with Crippen molar-refractivity contribution in [3.05, 3.63) is 58.1 Å². The van der Waals surface area contributed by atoms with Crippen LogP contribution in [0.1, 0.15) is 55.6 Å². The zero-order chi connectivity index (χ0) is 21.6. The largest absolute Gasteiger partial charge is 0.496 e. The first-order chi connectivity index (χ1) is 13.7. The van der Waals surface area contributed by atoms with Gasteiger partial charge in [0.2, 0.25) is 5.91 Å². The number of aryl methyl sites for hydroxylation is 1. The molecule has 156 valence electrons. The molecule has 0 saturated heterocycles. The highest BCUT2D eigenvalue weighted by atomic mass is 35.5. The molecular weight excluding hydrogens is 390 g/mol. The molecule has 0 heterocycles. The fourth-order valence-corrected chi connectivity index (χ4v) is 3.04. The van der Waals surface area contributed by atoms with Crippen molar-refractivity contribution < 1.29 is 19.1 Å². The van der Waals surface area contributed by atoms with Crippen LogP contribution in [0.5, 0.6) is 5.75 Å². The molecule has 5 nitrogen and oxygen atoms in total. The summed E-state index contributed by atoms with van der Waals surface area (Å²) in [6.45, 7) is 8.47. The lowest BCUT2D eigenvalue weighted by Crippen LogP contribution is -2.14. The van der Waals surface area contributed by atoms with Crippen molar-refractivity contribution in [3.8, 4) is 5.75 Å². The van der Waals surface area contributed by atoms with Crippen LogP contribution in [-0.4, -0.2) is 25.6 Å². The summed E-state index contributed by atoms with van der Waals surface area (Å²) in [6.07, 6.45) is 0.930. The van der Waals surface area contributed by atoms with Crippen molar-refractivity contribution in [2.24, 2.45) is 0 Å². The Morgan fingerprint density at radius 1 is 1.10 bits per heavy atom. The molecule has 0 aliphatic rings. The van der Waals surface area contributed by atoms with Crippen LogP contribution in [-0.2, 0) is 21.4 Å². The van der Waals surface area contributed by atoms with E-state index in [1.54, 1.807) is 6.92 Å². The highest BCUT2D eigenvalue weighted by molar-refractivity contribution is 6.34. The Kier molecular flexibility index (Phi) is 7.68. The lowest BCUT2D eigenvalue weighted by molar-refractivity contribution is -0.116. The van der Waals surface area contributed by atoms with Gasteiger partial charge in [0, 0.05) is 12.5 Å². The van der Waals surface area contributed by atoms with E-state index in [1.165, 1.54) is 24.8 Å². The monoisotopic (exact) mass is 417 g/mol. The van der Waals surface area contributed by atoms with Crippen molar-refractivity contribution in [2.45, 2.75) is 46.0 Å². The summed E-state index contributed by atoms with van der Waals surface area (Å²) in [5, 5.41) is 3.03. The van der Waals surface area contributed by atoms with E-state index in [2.05, 4.69) is 50.4 Å². The lowest BCUT2D eigenvalue weighted by atomic mass is 9.86. The third-order valence-electron chi connectivity index (χ3n) is 4.52. The number of carbonyl (C=O) groups is 2. The summed E-state index contributed by atoms with van der Waals surface area (Å²) in [7, 11) is 1.44. The zero-order valence-corrected chi connectivity index (χ0v) is 18.4. The number of esters is 1. The fourth-order valence-electron chi connectivity index (χ4n) is 2.83. The van der Waals surface area contributed by atoms with Gasteiger partial charge in [-0.25, -0.2) is 4.79 Å². The number of hydrogen-bond donors (Lipinski definition) is 1. The number of halogens is 1. The molecule has 1 N–H and O–H groups in total. The quantitative estimate of drug-likeness (QED) is 0.613. The Balaban J connectivity index is 2.04. The molecule has 0 saturated carbocycles. The summed E-state index contributed by atoms with van der Waals surface area (Å²) in [4.78, 5) is 24.4. The van der Waals surface area contributed by atoms with Gasteiger partial charge in [0.1, 0.15) is 11.3 Å². The third kappa shape index (κ3) is 6.23. The van der Waals surface area contributed by atoms with Crippen LogP contribution in [0.15, 0.2) is 36.4 Å². The zero-order valence-electron chi connectivity index (χ0n) is 17.6. The fraction of sp³-hybridized carbons (Fsp3) is 0.391. The van der Waals surface area contributed by atoms with E-state index >= 15 is 0 Å². The Morgan fingerprint density at radius 2 is 1.76 bits per heavy atom. The van der Waals surface area contributed by atoms with Crippen molar-refractivity contribution in [1.82, 2.24) is 0 Å². The smallest absolute Gasteiger partial charge is 0.341 e.